The van der Waals surface area contributed by atoms with E-state index in [1.165, 1.54) is 12.0 Å². The number of hydrogen-bond donors (Lipinski definition) is 1. The van der Waals surface area contributed by atoms with E-state index >= 15 is 0 Å². The fourth-order valence-electron chi connectivity index (χ4n) is 7.36. The van der Waals surface area contributed by atoms with E-state index in [4.69, 9.17) is 9.47 Å². The smallest absolute Gasteiger partial charge is 0.348 e. The Balaban J connectivity index is 1.19. The van der Waals surface area contributed by atoms with E-state index in [9.17, 15) is 9.90 Å². The molecule has 1 N–H and O–H groups in total. The molecule has 1 heterocycles. The highest BCUT2D eigenvalue weighted by Crippen LogP contribution is 2.52. The van der Waals surface area contributed by atoms with Crippen LogP contribution in [0.3, 0.4) is 0 Å². The molecule has 0 spiro atoms. The molecule has 6 rings (SSSR count). The SMILES string of the molecule is C[N+](C)(CCCc1ccccc1)C1C2CCC1C(OC(=O)C1(O)c3ccccc3Oc3ccccc31)C2. The summed E-state index contributed by atoms with van der Waals surface area (Å²) in [5, 5.41) is 12.0. The molecule has 3 aromatic rings. The summed E-state index contributed by atoms with van der Waals surface area (Å²) in [6, 6.07) is 25.5. The second-order valence-electron chi connectivity index (χ2n) is 11.6. The Hall–Kier alpha value is -3.15. The zero-order valence-corrected chi connectivity index (χ0v) is 21.7. The number of para-hydroxylation sites is 2. The third-order valence-electron chi connectivity index (χ3n) is 8.98. The summed E-state index contributed by atoms with van der Waals surface area (Å²) in [5.41, 5.74) is 0.378. The molecule has 0 aromatic heterocycles. The number of rotatable bonds is 7. The molecule has 1 aliphatic heterocycles. The zero-order valence-electron chi connectivity index (χ0n) is 21.7. The number of nitrogens with zero attached hydrogens (tertiary/aromatic N) is 1. The van der Waals surface area contributed by atoms with Gasteiger partial charge in [0.05, 0.1) is 26.7 Å². The van der Waals surface area contributed by atoms with Crippen LogP contribution in [0, 0.1) is 11.8 Å². The summed E-state index contributed by atoms with van der Waals surface area (Å²) in [6.07, 6.45) is 5.17. The number of hydrogen-bond acceptors (Lipinski definition) is 4. The van der Waals surface area contributed by atoms with E-state index in [1.807, 2.05) is 24.3 Å². The molecule has 0 radical (unpaired) electrons. The van der Waals surface area contributed by atoms with Gasteiger partial charge in [-0.1, -0.05) is 66.7 Å². The summed E-state index contributed by atoms with van der Waals surface area (Å²) in [4.78, 5) is 13.8. The lowest BCUT2D eigenvalue weighted by Crippen LogP contribution is -2.53. The first kappa shape index (κ1) is 24.2. The Labute approximate surface area is 219 Å². The van der Waals surface area contributed by atoms with Gasteiger partial charge < -0.3 is 19.1 Å². The molecule has 2 fully saturated rings. The van der Waals surface area contributed by atoms with Crippen molar-refractivity contribution in [1.29, 1.82) is 0 Å². The molecule has 0 saturated heterocycles. The van der Waals surface area contributed by atoms with Gasteiger partial charge in [-0.2, -0.15) is 0 Å². The van der Waals surface area contributed by atoms with Gasteiger partial charge in [-0.15, -0.1) is 0 Å². The van der Waals surface area contributed by atoms with Gasteiger partial charge in [-0.3, -0.25) is 0 Å². The average Bonchev–Trinajstić information content (AvgIpc) is 3.49. The number of aliphatic hydroxyl groups is 1. The van der Waals surface area contributed by atoms with Crippen LogP contribution in [0.4, 0.5) is 0 Å². The molecule has 4 atom stereocenters. The first-order valence-corrected chi connectivity index (χ1v) is 13.5. The second-order valence-corrected chi connectivity index (χ2v) is 11.6. The molecular weight excluding hydrogens is 462 g/mol. The Morgan fingerprint density at radius 3 is 2.24 bits per heavy atom. The summed E-state index contributed by atoms with van der Waals surface area (Å²) < 4.78 is 13.2. The zero-order chi connectivity index (χ0) is 25.6. The van der Waals surface area contributed by atoms with Crippen molar-refractivity contribution in [1.82, 2.24) is 0 Å². The quantitative estimate of drug-likeness (QED) is 0.348. The lowest BCUT2D eigenvalue weighted by atomic mass is 9.83. The third kappa shape index (κ3) is 4.14. The largest absolute Gasteiger partial charge is 0.459 e. The predicted octanol–water partition coefficient (Wildman–Crippen LogP) is 5.45. The van der Waals surface area contributed by atoms with Gasteiger partial charge in [0.2, 0.25) is 5.60 Å². The van der Waals surface area contributed by atoms with Crippen molar-refractivity contribution < 1.29 is 23.9 Å². The summed E-state index contributed by atoms with van der Waals surface area (Å²) in [6.45, 7) is 1.09. The van der Waals surface area contributed by atoms with Crippen molar-refractivity contribution in [3.05, 3.63) is 95.6 Å². The normalized spacial score (nSPS) is 25.2. The van der Waals surface area contributed by atoms with Crippen molar-refractivity contribution in [2.45, 2.75) is 49.9 Å². The van der Waals surface area contributed by atoms with Crippen molar-refractivity contribution in [3.8, 4) is 11.5 Å². The Bertz CT molecular complexity index is 1240. The molecule has 3 aromatic carbocycles. The Morgan fingerprint density at radius 1 is 0.946 bits per heavy atom. The number of esters is 1. The third-order valence-corrected chi connectivity index (χ3v) is 8.98. The molecular formula is C32H36NO4+. The van der Waals surface area contributed by atoms with Crippen LogP contribution >= 0.6 is 0 Å². The number of quaternary nitrogens is 1. The van der Waals surface area contributed by atoms with Gasteiger partial charge >= 0.3 is 5.97 Å². The topological polar surface area (TPSA) is 55.8 Å². The molecule has 5 heteroatoms. The van der Waals surface area contributed by atoms with Crippen molar-refractivity contribution in [3.63, 3.8) is 0 Å². The lowest BCUT2D eigenvalue weighted by Gasteiger charge is -2.39. The van der Waals surface area contributed by atoms with Crippen LogP contribution in [-0.4, -0.2) is 48.3 Å². The fourth-order valence-corrected chi connectivity index (χ4v) is 7.36. The van der Waals surface area contributed by atoms with Gasteiger partial charge in [0.25, 0.3) is 0 Å². The van der Waals surface area contributed by atoms with E-state index in [2.05, 4.69) is 44.4 Å². The standard InChI is InChI=1S/C32H36NO4/c1-33(2,20-10-13-22-11-4-3-5-12-22)30-23-18-19-24(30)29(21-23)37-31(34)32(35)25-14-6-8-16-27(25)36-28-17-9-7-15-26(28)32/h3-9,11-12,14-17,23-24,29-30,35H,10,13,18-21H2,1-2H3/q+1. The monoisotopic (exact) mass is 498 g/mol. The highest BCUT2D eigenvalue weighted by Gasteiger charge is 2.58. The van der Waals surface area contributed by atoms with Gasteiger partial charge in [0.1, 0.15) is 17.6 Å². The Kier molecular flexibility index (Phi) is 6.09. The molecule has 2 saturated carbocycles. The van der Waals surface area contributed by atoms with Crippen LogP contribution < -0.4 is 4.74 Å². The van der Waals surface area contributed by atoms with Crippen LogP contribution in [0.25, 0.3) is 0 Å². The summed E-state index contributed by atoms with van der Waals surface area (Å²) in [7, 11) is 4.67. The lowest BCUT2D eigenvalue weighted by molar-refractivity contribution is -0.919. The Morgan fingerprint density at radius 2 is 1.57 bits per heavy atom. The minimum atomic E-state index is -1.89. The maximum Gasteiger partial charge on any atom is 0.348 e. The molecule has 192 valence electrons. The number of ether oxygens (including phenoxy) is 2. The molecule has 2 bridgehead atoms. The molecule has 3 aliphatic rings. The van der Waals surface area contributed by atoms with Gasteiger partial charge in [-0.05, 0) is 43.4 Å². The first-order chi connectivity index (χ1) is 17.9. The fraction of sp³-hybridized carbons (Fsp3) is 0.406. The highest BCUT2D eigenvalue weighted by atomic mass is 16.6. The minimum Gasteiger partial charge on any atom is -0.459 e. The average molecular weight is 499 g/mol. The van der Waals surface area contributed by atoms with Crippen LogP contribution in [0.15, 0.2) is 78.9 Å². The summed E-state index contributed by atoms with van der Waals surface area (Å²) in [5.74, 6) is 1.24. The maximum absolute atomic E-state index is 13.8. The molecule has 37 heavy (non-hydrogen) atoms. The maximum atomic E-state index is 13.8. The molecule has 4 unspecified atom stereocenters. The number of carbonyl (C=O) groups excluding carboxylic acids is 1. The van der Waals surface area contributed by atoms with Gasteiger partial charge in [0.15, 0.2) is 0 Å². The number of aryl methyl sites for hydroxylation is 1. The number of carbonyl (C=O) groups is 1. The van der Waals surface area contributed by atoms with Crippen LogP contribution in [-0.2, 0) is 21.6 Å². The summed E-state index contributed by atoms with van der Waals surface area (Å²) >= 11 is 0. The predicted molar refractivity (Wildman–Crippen MR) is 142 cm³/mol. The molecule has 2 aliphatic carbocycles. The van der Waals surface area contributed by atoms with Crippen molar-refractivity contribution >= 4 is 5.97 Å². The van der Waals surface area contributed by atoms with E-state index < -0.39 is 11.6 Å². The number of fused-ring (bicyclic) bond motifs is 4. The van der Waals surface area contributed by atoms with Gasteiger partial charge in [-0.25, -0.2) is 4.79 Å². The van der Waals surface area contributed by atoms with E-state index in [0.717, 1.165) is 36.7 Å². The van der Waals surface area contributed by atoms with Gasteiger partial charge in [0, 0.05) is 29.4 Å². The van der Waals surface area contributed by atoms with Crippen molar-refractivity contribution in [2.24, 2.45) is 11.8 Å². The highest BCUT2D eigenvalue weighted by molar-refractivity contribution is 5.88. The van der Waals surface area contributed by atoms with E-state index in [-0.39, 0.29) is 6.10 Å². The molecule has 5 nitrogen and oxygen atoms in total. The van der Waals surface area contributed by atoms with Crippen LogP contribution in [0.5, 0.6) is 11.5 Å². The molecule has 0 amide bonds. The number of benzene rings is 3. The van der Waals surface area contributed by atoms with E-state index in [0.29, 0.717) is 40.5 Å². The van der Waals surface area contributed by atoms with Crippen molar-refractivity contribution in [2.75, 3.05) is 20.6 Å². The van der Waals surface area contributed by atoms with E-state index in [1.54, 1.807) is 24.3 Å². The first-order valence-electron chi connectivity index (χ1n) is 13.5. The second kappa shape index (κ2) is 9.30. The van der Waals surface area contributed by atoms with Crippen LogP contribution in [0.2, 0.25) is 0 Å². The minimum absolute atomic E-state index is 0.172. The van der Waals surface area contributed by atoms with Crippen LogP contribution in [0.1, 0.15) is 42.4 Å².